The van der Waals surface area contributed by atoms with E-state index >= 15 is 0 Å². The molecule has 0 saturated carbocycles. The first-order valence-corrected chi connectivity index (χ1v) is 8.00. The number of carbonyl (C=O) groups is 2. The number of carbonyl (C=O) groups excluding carboxylic acids is 2. The number of fused-ring (bicyclic) bond motifs is 1. The predicted molar refractivity (Wildman–Crippen MR) is 87.8 cm³/mol. The van der Waals surface area contributed by atoms with Crippen LogP contribution >= 0.6 is 15.9 Å². The summed E-state index contributed by atoms with van der Waals surface area (Å²) in [7, 11) is 1.70. The van der Waals surface area contributed by atoms with Crippen molar-refractivity contribution < 1.29 is 14.3 Å². The second kappa shape index (κ2) is 6.56. The molecule has 0 bridgehead atoms. The second-order valence-electron chi connectivity index (χ2n) is 5.52. The Morgan fingerprint density at radius 2 is 2.29 bits per heavy atom. The van der Waals surface area contributed by atoms with Crippen LogP contribution < -0.4 is 10.1 Å². The van der Waals surface area contributed by atoms with E-state index in [-0.39, 0.29) is 24.3 Å². The fourth-order valence-corrected chi connectivity index (χ4v) is 2.94. The Labute approximate surface area is 145 Å². The number of aromatic amines is 1. The van der Waals surface area contributed by atoms with Crippen LogP contribution in [0.25, 0.3) is 0 Å². The van der Waals surface area contributed by atoms with Crippen LogP contribution in [-0.4, -0.2) is 57.5 Å². The zero-order chi connectivity index (χ0) is 17.3. The molecule has 1 aromatic heterocycles. The van der Waals surface area contributed by atoms with Gasteiger partial charge < -0.3 is 15.0 Å². The molecule has 2 amide bonds. The van der Waals surface area contributed by atoms with Crippen molar-refractivity contribution in [1.82, 2.24) is 25.5 Å². The number of amides is 2. The standard InChI is InChI=1S/C14H15BrN6O3/c1-7(13-17-19-20-18-13)5-21(2)14(23)8-3-11-10(4-9(8)15)16-12(22)6-24-11/h3-4,7H,5-6H2,1-2H3,(H,16,22)(H,17,18,19,20). The lowest BCUT2D eigenvalue weighted by atomic mass is 10.1. The third-order valence-electron chi connectivity index (χ3n) is 3.63. The molecule has 126 valence electrons. The van der Waals surface area contributed by atoms with E-state index in [9.17, 15) is 9.59 Å². The molecule has 0 saturated heterocycles. The van der Waals surface area contributed by atoms with Crippen molar-refractivity contribution in [2.75, 3.05) is 25.5 Å². The van der Waals surface area contributed by atoms with Crippen molar-refractivity contribution in [1.29, 1.82) is 0 Å². The number of hydrogen-bond donors (Lipinski definition) is 2. The van der Waals surface area contributed by atoms with Crippen LogP contribution in [-0.2, 0) is 4.79 Å². The molecule has 3 rings (SSSR count). The summed E-state index contributed by atoms with van der Waals surface area (Å²) in [6.07, 6.45) is 0. The van der Waals surface area contributed by atoms with Gasteiger partial charge in [-0.05, 0) is 28.1 Å². The first-order valence-electron chi connectivity index (χ1n) is 7.20. The molecule has 10 heteroatoms. The van der Waals surface area contributed by atoms with E-state index in [0.29, 0.717) is 33.8 Å². The predicted octanol–water partition coefficient (Wildman–Crippen LogP) is 1.17. The average Bonchev–Trinajstić information content (AvgIpc) is 3.08. The third-order valence-corrected chi connectivity index (χ3v) is 4.29. The Hall–Kier alpha value is -2.49. The molecule has 1 unspecified atom stereocenters. The molecule has 0 spiro atoms. The van der Waals surface area contributed by atoms with Gasteiger partial charge in [0.1, 0.15) is 5.75 Å². The van der Waals surface area contributed by atoms with Gasteiger partial charge >= 0.3 is 0 Å². The summed E-state index contributed by atoms with van der Waals surface area (Å²) in [4.78, 5) is 25.6. The molecule has 2 aromatic rings. The summed E-state index contributed by atoms with van der Waals surface area (Å²) in [5, 5.41) is 16.5. The summed E-state index contributed by atoms with van der Waals surface area (Å²) in [5.41, 5.74) is 0.991. The minimum absolute atomic E-state index is 0.0625. The van der Waals surface area contributed by atoms with Crippen LogP contribution in [0, 0.1) is 0 Å². The van der Waals surface area contributed by atoms with E-state index in [4.69, 9.17) is 4.74 Å². The zero-order valence-electron chi connectivity index (χ0n) is 13.0. The van der Waals surface area contributed by atoms with Crippen LogP contribution in [0.3, 0.4) is 0 Å². The van der Waals surface area contributed by atoms with Gasteiger partial charge in [0.25, 0.3) is 11.8 Å². The van der Waals surface area contributed by atoms with Gasteiger partial charge in [-0.2, -0.15) is 5.21 Å². The minimum atomic E-state index is -0.223. The molecule has 0 fully saturated rings. The van der Waals surface area contributed by atoms with Gasteiger partial charge in [-0.25, -0.2) is 0 Å². The molecule has 2 N–H and O–H groups in total. The number of aromatic nitrogens is 4. The highest BCUT2D eigenvalue weighted by Crippen LogP contribution is 2.34. The van der Waals surface area contributed by atoms with Crippen molar-refractivity contribution in [2.24, 2.45) is 0 Å². The molecule has 1 aliphatic rings. The Bertz CT molecular complexity index is 779. The fraction of sp³-hybridized carbons (Fsp3) is 0.357. The van der Waals surface area contributed by atoms with Gasteiger partial charge in [0.2, 0.25) is 0 Å². The van der Waals surface area contributed by atoms with E-state index in [1.807, 2.05) is 6.92 Å². The number of hydrogen-bond acceptors (Lipinski definition) is 6. The summed E-state index contributed by atoms with van der Waals surface area (Å²) >= 11 is 3.38. The van der Waals surface area contributed by atoms with Crippen molar-refractivity contribution in [3.05, 3.63) is 28.0 Å². The maximum atomic E-state index is 12.7. The van der Waals surface area contributed by atoms with Crippen LogP contribution in [0.4, 0.5) is 5.69 Å². The van der Waals surface area contributed by atoms with E-state index < -0.39 is 0 Å². The smallest absolute Gasteiger partial charge is 0.262 e. The van der Waals surface area contributed by atoms with E-state index in [0.717, 1.165) is 0 Å². The number of rotatable bonds is 4. The number of ether oxygens (including phenoxy) is 1. The van der Waals surface area contributed by atoms with Gasteiger partial charge in [-0.15, -0.1) is 10.2 Å². The molecular formula is C14H15BrN6O3. The minimum Gasteiger partial charge on any atom is -0.482 e. The molecule has 0 aliphatic carbocycles. The highest BCUT2D eigenvalue weighted by Gasteiger charge is 2.24. The molecular weight excluding hydrogens is 380 g/mol. The number of benzene rings is 1. The Morgan fingerprint density at radius 3 is 3.00 bits per heavy atom. The lowest BCUT2D eigenvalue weighted by molar-refractivity contribution is -0.118. The lowest BCUT2D eigenvalue weighted by Crippen LogP contribution is -2.31. The third kappa shape index (κ3) is 3.23. The first-order chi connectivity index (χ1) is 11.5. The van der Waals surface area contributed by atoms with E-state index in [1.165, 1.54) is 0 Å². The number of nitrogens with one attached hydrogen (secondary N) is 2. The largest absolute Gasteiger partial charge is 0.482 e. The molecule has 24 heavy (non-hydrogen) atoms. The molecule has 1 aliphatic heterocycles. The number of nitrogens with zero attached hydrogens (tertiary/aromatic N) is 4. The van der Waals surface area contributed by atoms with Crippen molar-refractivity contribution in [2.45, 2.75) is 12.8 Å². The second-order valence-corrected chi connectivity index (χ2v) is 6.38. The molecule has 9 nitrogen and oxygen atoms in total. The van der Waals surface area contributed by atoms with Crippen LogP contribution in [0.1, 0.15) is 29.0 Å². The zero-order valence-corrected chi connectivity index (χ0v) is 14.6. The number of anilines is 1. The summed E-state index contributed by atoms with van der Waals surface area (Å²) in [5.74, 6) is 0.552. The summed E-state index contributed by atoms with van der Waals surface area (Å²) in [6.45, 7) is 2.28. The molecule has 2 heterocycles. The molecule has 0 radical (unpaired) electrons. The van der Waals surface area contributed by atoms with E-state index in [2.05, 4.69) is 41.9 Å². The Balaban J connectivity index is 1.78. The maximum absolute atomic E-state index is 12.7. The van der Waals surface area contributed by atoms with Crippen molar-refractivity contribution in [3.8, 4) is 5.75 Å². The highest BCUT2D eigenvalue weighted by atomic mass is 79.9. The Kier molecular flexibility index (Phi) is 4.47. The lowest BCUT2D eigenvalue weighted by Gasteiger charge is -2.23. The first kappa shape index (κ1) is 16.4. The van der Waals surface area contributed by atoms with Gasteiger partial charge in [-0.3, -0.25) is 9.59 Å². The van der Waals surface area contributed by atoms with Crippen LogP contribution in [0.5, 0.6) is 5.75 Å². The van der Waals surface area contributed by atoms with Gasteiger partial charge in [0.15, 0.2) is 12.4 Å². The van der Waals surface area contributed by atoms with Gasteiger partial charge in [0, 0.05) is 24.0 Å². The van der Waals surface area contributed by atoms with E-state index in [1.54, 1.807) is 24.1 Å². The van der Waals surface area contributed by atoms with Crippen LogP contribution in [0.2, 0.25) is 0 Å². The van der Waals surface area contributed by atoms with Crippen molar-refractivity contribution in [3.63, 3.8) is 0 Å². The van der Waals surface area contributed by atoms with Gasteiger partial charge in [0.05, 0.1) is 11.3 Å². The number of tetrazole rings is 1. The summed E-state index contributed by atoms with van der Waals surface area (Å²) < 4.78 is 5.95. The van der Waals surface area contributed by atoms with Crippen molar-refractivity contribution >= 4 is 33.4 Å². The van der Waals surface area contributed by atoms with Gasteiger partial charge in [-0.1, -0.05) is 12.1 Å². The average molecular weight is 395 g/mol. The highest BCUT2D eigenvalue weighted by molar-refractivity contribution is 9.10. The monoisotopic (exact) mass is 394 g/mol. The number of H-pyrrole nitrogens is 1. The quantitative estimate of drug-likeness (QED) is 0.804. The maximum Gasteiger partial charge on any atom is 0.262 e. The Morgan fingerprint density at radius 1 is 1.50 bits per heavy atom. The fourth-order valence-electron chi connectivity index (χ4n) is 2.42. The van der Waals surface area contributed by atoms with Crippen LogP contribution in [0.15, 0.2) is 16.6 Å². The molecule has 1 atom stereocenters. The SMILES string of the molecule is CC(CN(C)C(=O)c1cc2c(cc1Br)NC(=O)CO2)c1nn[nH]n1. The number of likely N-dealkylation sites (N-methyl/N-ethyl adjacent to an activating group) is 1. The molecule has 1 aromatic carbocycles. The summed E-state index contributed by atoms with van der Waals surface area (Å²) in [6, 6.07) is 3.28. The topological polar surface area (TPSA) is 113 Å². The number of halogens is 1. The normalized spacial score (nSPS) is 14.4.